The van der Waals surface area contributed by atoms with E-state index in [4.69, 9.17) is 9.15 Å². The van der Waals surface area contributed by atoms with Crippen LogP contribution < -0.4 is 10.3 Å². The monoisotopic (exact) mass is 485 g/mol. The number of pyridine rings is 1. The van der Waals surface area contributed by atoms with Gasteiger partial charge in [-0.05, 0) is 37.3 Å². The molecule has 0 unspecified atom stereocenters. The van der Waals surface area contributed by atoms with Gasteiger partial charge in [0, 0.05) is 44.9 Å². The molecule has 2 amide bonds. The number of methoxy groups -OCH3 is 1. The van der Waals surface area contributed by atoms with Crippen LogP contribution in [-0.2, 0) is 13.0 Å². The molecule has 2 aromatic heterocycles. The van der Waals surface area contributed by atoms with E-state index < -0.39 is 23.6 Å². The van der Waals surface area contributed by atoms with Crippen molar-refractivity contribution in [2.45, 2.75) is 25.9 Å². The van der Waals surface area contributed by atoms with Gasteiger partial charge < -0.3 is 23.5 Å². The first-order chi connectivity index (χ1) is 16.7. The molecule has 10 heteroatoms. The molecule has 1 aliphatic rings. The molecule has 0 fully saturated rings. The van der Waals surface area contributed by atoms with Gasteiger partial charge in [-0.1, -0.05) is 0 Å². The lowest BCUT2D eigenvalue weighted by Crippen LogP contribution is -2.35. The lowest BCUT2D eigenvalue weighted by atomic mass is 10.1. The van der Waals surface area contributed by atoms with Gasteiger partial charge in [0.25, 0.3) is 17.4 Å². The van der Waals surface area contributed by atoms with Crippen LogP contribution in [0.25, 0.3) is 0 Å². The number of rotatable bonds is 5. The van der Waals surface area contributed by atoms with E-state index >= 15 is 0 Å². The van der Waals surface area contributed by atoms with Crippen molar-refractivity contribution in [2.24, 2.45) is 0 Å². The van der Waals surface area contributed by atoms with Crippen molar-refractivity contribution < 1.29 is 27.5 Å². The van der Waals surface area contributed by atoms with Crippen LogP contribution in [0.15, 0.2) is 51.9 Å². The van der Waals surface area contributed by atoms with Crippen LogP contribution in [0.1, 0.15) is 45.1 Å². The van der Waals surface area contributed by atoms with Crippen LogP contribution in [0.5, 0.6) is 5.75 Å². The molecule has 184 valence electrons. The van der Waals surface area contributed by atoms with Gasteiger partial charge in [-0.25, -0.2) is 8.78 Å². The molecule has 3 aromatic rings. The summed E-state index contributed by atoms with van der Waals surface area (Å²) in [5.41, 5.74) is -0.155. The van der Waals surface area contributed by atoms with Crippen LogP contribution >= 0.6 is 0 Å². The summed E-state index contributed by atoms with van der Waals surface area (Å²) >= 11 is 0. The summed E-state index contributed by atoms with van der Waals surface area (Å²) < 4.78 is 40.1. The Bertz CT molecular complexity index is 1320. The van der Waals surface area contributed by atoms with Gasteiger partial charge in [-0.3, -0.25) is 14.4 Å². The first kappa shape index (κ1) is 24.2. The number of aromatic nitrogens is 1. The largest absolute Gasteiger partial charge is 0.496 e. The van der Waals surface area contributed by atoms with Crippen molar-refractivity contribution in [3.63, 3.8) is 0 Å². The Labute approximate surface area is 200 Å². The number of hydrogen-bond donors (Lipinski definition) is 0. The summed E-state index contributed by atoms with van der Waals surface area (Å²) in [6, 6.07) is 7.03. The number of fused-ring (bicyclic) bond motifs is 1. The Morgan fingerprint density at radius 1 is 1.14 bits per heavy atom. The highest BCUT2D eigenvalue weighted by atomic mass is 19.1. The van der Waals surface area contributed by atoms with Crippen molar-refractivity contribution in [2.75, 3.05) is 27.2 Å². The number of carbonyl (C=O) groups excluding carboxylic acids is 2. The van der Waals surface area contributed by atoms with Gasteiger partial charge in [-0.15, -0.1) is 0 Å². The smallest absolute Gasteiger partial charge is 0.259 e. The Morgan fingerprint density at radius 3 is 2.60 bits per heavy atom. The Morgan fingerprint density at radius 2 is 1.91 bits per heavy atom. The molecule has 4 rings (SSSR count). The highest BCUT2D eigenvalue weighted by Crippen LogP contribution is 2.28. The zero-order chi connectivity index (χ0) is 25.3. The maximum absolute atomic E-state index is 14.2. The van der Waals surface area contributed by atoms with Gasteiger partial charge >= 0.3 is 0 Å². The topological polar surface area (TPSA) is 85.0 Å². The first-order valence-corrected chi connectivity index (χ1v) is 11.1. The van der Waals surface area contributed by atoms with Gasteiger partial charge in [0.1, 0.15) is 28.7 Å². The molecule has 35 heavy (non-hydrogen) atoms. The summed E-state index contributed by atoms with van der Waals surface area (Å²) in [4.78, 5) is 42.2. The average Bonchev–Trinajstić information content (AvgIpc) is 3.30. The lowest BCUT2D eigenvalue weighted by molar-refractivity contribution is 0.0719. The standard InChI is InChI=1S/C25H25F2N3O5/c1-15(20-5-4-12-35-20)28(2)25(33)23-19-8-9-29(10-11-30(19)22(31)14-21(23)34-3)24(32)17-13-16(26)6-7-18(17)27/h4-7,12-15H,8-11H2,1-3H3/t15-/m0/s1. The minimum Gasteiger partial charge on any atom is -0.496 e. The molecular weight excluding hydrogens is 460 g/mol. The van der Waals surface area contributed by atoms with E-state index in [2.05, 4.69) is 0 Å². The number of halogens is 2. The summed E-state index contributed by atoms with van der Waals surface area (Å²) in [6.45, 7) is 2.07. The van der Waals surface area contributed by atoms with Crippen molar-refractivity contribution in [3.05, 3.63) is 87.2 Å². The van der Waals surface area contributed by atoms with E-state index in [0.717, 1.165) is 18.2 Å². The van der Waals surface area contributed by atoms with Gasteiger partial charge in [0.15, 0.2) is 0 Å². The number of nitrogens with zero attached hydrogens (tertiary/aromatic N) is 3. The Balaban J connectivity index is 1.68. The van der Waals surface area contributed by atoms with E-state index in [-0.39, 0.29) is 54.4 Å². The van der Waals surface area contributed by atoms with Crippen molar-refractivity contribution in [3.8, 4) is 5.75 Å². The molecule has 1 aliphatic heterocycles. The predicted octanol–water partition coefficient (Wildman–Crippen LogP) is 3.26. The van der Waals surface area contributed by atoms with E-state index in [1.807, 2.05) is 6.92 Å². The summed E-state index contributed by atoms with van der Waals surface area (Å²) in [7, 11) is 2.99. The van der Waals surface area contributed by atoms with Crippen molar-refractivity contribution in [1.82, 2.24) is 14.4 Å². The lowest BCUT2D eigenvalue weighted by Gasteiger charge is -2.26. The maximum Gasteiger partial charge on any atom is 0.259 e. The summed E-state index contributed by atoms with van der Waals surface area (Å²) in [6.07, 6.45) is 1.66. The van der Waals surface area contributed by atoms with Gasteiger partial charge in [-0.2, -0.15) is 0 Å². The molecule has 0 N–H and O–H groups in total. The second-order valence-corrected chi connectivity index (χ2v) is 8.30. The average molecular weight is 485 g/mol. The number of amides is 2. The summed E-state index contributed by atoms with van der Waals surface area (Å²) in [5.74, 6) is -1.91. The highest BCUT2D eigenvalue weighted by Gasteiger charge is 2.31. The number of benzene rings is 1. The normalized spacial score (nSPS) is 14.1. The van der Waals surface area contributed by atoms with E-state index in [1.54, 1.807) is 19.2 Å². The zero-order valence-electron chi connectivity index (χ0n) is 19.6. The minimum absolute atomic E-state index is 0.0819. The Hall–Kier alpha value is -3.95. The van der Waals surface area contributed by atoms with Crippen LogP contribution in [0.3, 0.4) is 0 Å². The fourth-order valence-electron chi connectivity index (χ4n) is 4.25. The number of furan rings is 1. The molecule has 3 heterocycles. The molecule has 1 atom stereocenters. The van der Waals surface area contributed by atoms with E-state index in [9.17, 15) is 23.2 Å². The fraction of sp³-hybridized carbons (Fsp3) is 0.320. The number of carbonyl (C=O) groups is 2. The molecule has 0 saturated heterocycles. The molecule has 0 spiro atoms. The van der Waals surface area contributed by atoms with Gasteiger partial charge in [0.2, 0.25) is 0 Å². The summed E-state index contributed by atoms with van der Waals surface area (Å²) in [5, 5.41) is 0. The fourth-order valence-corrected chi connectivity index (χ4v) is 4.25. The molecule has 8 nitrogen and oxygen atoms in total. The van der Waals surface area contributed by atoms with Crippen LogP contribution in [0.2, 0.25) is 0 Å². The van der Waals surface area contributed by atoms with E-state index in [1.165, 1.54) is 33.8 Å². The predicted molar refractivity (Wildman–Crippen MR) is 122 cm³/mol. The second kappa shape index (κ2) is 9.73. The zero-order valence-corrected chi connectivity index (χ0v) is 19.6. The van der Waals surface area contributed by atoms with Crippen LogP contribution in [0, 0.1) is 11.6 Å². The molecule has 0 bridgehead atoms. The quantitative estimate of drug-likeness (QED) is 0.554. The molecule has 0 aliphatic carbocycles. The first-order valence-electron chi connectivity index (χ1n) is 11.1. The van der Waals surface area contributed by atoms with Crippen LogP contribution in [-0.4, -0.2) is 53.4 Å². The molecule has 0 saturated carbocycles. The maximum atomic E-state index is 14.2. The Kier molecular flexibility index (Phi) is 6.72. The highest BCUT2D eigenvalue weighted by molar-refractivity contribution is 5.98. The van der Waals surface area contributed by atoms with E-state index in [0.29, 0.717) is 11.5 Å². The van der Waals surface area contributed by atoms with Crippen molar-refractivity contribution >= 4 is 11.8 Å². The third-order valence-electron chi connectivity index (χ3n) is 6.33. The minimum atomic E-state index is -0.832. The SMILES string of the molecule is COc1cc(=O)n2c(c1C(=O)N(C)[C@@H](C)c1ccco1)CCN(C(=O)c1cc(F)ccc1F)CC2. The number of ether oxygens (including phenoxy) is 1. The van der Waals surface area contributed by atoms with Gasteiger partial charge in [0.05, 0.1) is 25.0 Å². The third-order valence-corrected chi connectivity index (χ3v) is 6.33. The van der Waals surface area contributed by atoms with Crippen LogP contribution in [0.4, 0.5) is 8.78 Å². The molecule has 0 radical (unpaired) electrons. The number of hydrogen-bond acceptors (Lipinski definition) is 5. The third kappa shape index (κ3) is 4.55. The molecule has 1 aromatic carbocycles. The van der Waals surface area contributed by atoms with Crippen molar-refractivity contribution in [1.29, 1.82) is 0 Å². The second-order valence-electron chi connectivity index (χ2n) is 8.30. The molecular formula is C25H25F2N3O5.